The van der Waals surface area contributed by atoms with Crippen LogP contribution in [0, 0.1) is 11.3 Å². The molecule has 0 radical (unpaired) electrons. The van der Waals surface area contributed by atoms with E-state index < -0.39 is 0 Å². The highest BCUT2D eigenvalue weighted by Crippen LogP contribution is 1.98. The summed E-state index contributed by atoms with van der Waals surface area (Å²) in [6.07, 6.45) is 4.38. The molecule has 0 unspecified atom stereocenters. The number of allylic oxidation sites excluding steroid dienone is 1. The van der Waals surface area contributed by atoms with Crippen LogP contribution in [0.4, 0.5) is 0 Å². The summed E-state index contributed by atoms with van der Waals surface area (Å²) >= 11 is 0. The Bertz CT molecular complexity index is 266. The molecule has 1 N–H and O–H groups in total. The molecule has 0 spiro atoms. The first-order valence-electron chi connectivity index (χ1n) is 2.76. The molecule has 1 rings (SSSR count). The van der Waals surface area contributed by atoms with E-state index in [0.29, 0.717) is 0 Å². The molecule has 0 aliphatic carbocycles. The fourth-order valence-corrected chi connectivity index (χ4v) is 0.620. The Kier molecular flexibility index (Phi) is 1.76. The number of nitriles is 1. The van der Waals surface area contributed by atoms with E-state index in [4.69, 9.17) is 10.4 Å². The molecule has 1 aromatic heterocycles. The third-order valence-electron chi connectivity index (χ3n) is 1.06. The van der Waals surface area contributed by atoms with E-state index in [1.165, 1.54) is 4.57 Å². The zero-order chi connectivity index (χ0) is 7.40. The third kappa shape index (κ3) is 1.17. The number of nitrogens with zero attached hydrogens (tertiary/aromatic N) is 2. The molecule has 0 fully saturated rings. The smallest absolute Gasteiger partial charge is 0.205 e. The summed E-state index contributed by atoms with van der Waals surface area (Å²) < 4.78 is 1.45. The predicted molar refractivity (Wildman–Crippen MR) is 36.9 cm³/mol. The summed E-state index contributed by atoms with van der Waals surface area (Å²) in [6, 6.07) is 5.25. The molecule has 0 saturated carbocycles. The Morgan fingerprint density at radius 2 is 2.10 bits per heavy atom. The lowest BCUT2D eigenvalue weighted by Crippen LogP contribution is -1.89. The van der Waals surface area contributed by atoms with Gasteiger partial charge in [-0.2, -0.15) is 5.26 Å². The number of rotatable bonds is 1. The summed E-state index contributed by atoms with van der Waals surface area (Å²) in [5, 5.41) is 17.1. The molecule has 0 aliphatic heterocycles. The zero-order valence-corrected chi connectivity index (χ0v) is 5.23. The van der Waals surface area contributed by atoms with Gasteiger partial charge in [-0.15, -0.1) is 0 Å². The topological polar surface area (TPSA) is 48.9 Å². The van der Waals surface area contributed by atoms with Crippen LogP contribution in [0.15, 0.2) is 30.6 Å². The Morgan fingerprint density at radius 1 is 1.50 bits per heavy atom. The largest absolute Gasteiger partial charge is 0.494 e. The first-order valence-corrected chi connectivity index (χ1v) is 2.76. The van der Waals surface area contributed by atoms with Crippen LogP contribution in [0.3, 0.4) is 0 Å². The summed E-state index contributed by atoms with van der Waals surface area (Å²) in [6.45, 7) is 0. The first-order chi connectivity index (χ1) is 4.84. The van der Waals surface area contributed by atoms with Crippen molar-refractivity contribution >= 4 is 5.88 Å². The fourth-order valence-electron chi connectivity index (χ4n) is 0.620. The van der Waals surface area contributed by atoms with E-state index in [1.54, 1.807) is 30.6 Å². The van der Waals surface area contributed by atoms with Crippen LogP contribution in [0.1, 0.15) is 0 Å². The zero-order valence-electron chi connectivity index (χ0n) is 5.23. The Labute approximate surface area is 58.4 Å². The Morgan fingerprint density at radius 3 is 2.60 bits per heavy atom. The van der Waals surface area contributed by atoms with Gasteiger partial charge in [0.15, 0.2) is 0 Å². The molecule has 1 aromatic rings. The molecule has 0 aromatic carbocycles. The van der Waals surface area contributed by atoms with Crippen molar-refractivity contribution in [2.75, 3.05) is 0 Å². The quantitative estimate of drug-likeness (QED) is 0.465. The predicted octanol–water partition coefficient (Wildman–Crippen LogP) is 1.37. The highest BCUT2D eigenvalue weighted by atomic mass is 16.3. The fraction of sp³-hybridized carbons (Fsp3) is 0. The molecule has 10 heavy (non-hydrogen) atoms. The average Bonchev–Trinajstić information content (AvgIpc) is 2.38. The summed E-state index contributed by atoms with van der Waals surface area (Å²) in [5.74, 6) is -0.0625. The summed E-state index contributed by atoms with van der Waals surface area (Å²) in [4.78, 5) is 0. The molecule has 50 valence electrons. The van der Waals surface area contributed by atoms with Gasteiger partial charge in [-0.25, -0.2) is 0 Å². The van der Waals surface area contributed by atoms with Gasteiger partial charge in [0.05, 0.1) is 12.1 Å². The van der Waals surface area contributed by atoms with Crippen LogP contribution >= 0.6 is 0 Å². The number of hydrogen-bond donors (Lipinski definition) is 1. The maximum absolute atomic E-state index is 9.01. The highest BCUT2D eigenvalue weighted by Gasteiger charge is 1.90. The standard InChI is InChI=1S/C7H6N2O/c8-4-3-7(10)9-5-1-2-6-9/h1-3,5-6,10H/b7-3+. The lowest BCUT2D eigenvalue weighted by Gasteiger charge is -1.95. The van der Waals surface area contributed by atoms with Gasteiger partial charge < -0.3 is 5.11 Å². The van der Waals surface area contributed by atoms with E-state index in [9.17, 15) is 0 Å². The van der Waals surface area contributed by atoms with Crippen molar-refractivity contribution in [2.24, 2.45) is 0 Å². The van der Waals surface area contributed by atoms with Crippen LogP contribution in [0.2, 0.25) is 0 Å². The number of hydrogen-bond acceptors (Lipinski definition) is 2. The van der Waals surface area contributed by atoms with Crippen LogP contribution < -0.4 is 0 Å². The molecule has 3 nitrogen and oxygen atoms in total. The first kappa shape index (κ1) is 6.43. The Hall–Kier alpha value is -1.69. The van der Waals surface area contributed by atoms with Gasteiger partial charge in [0.1, 0.15) is 0 Å². The number of aromatic nitrogens is 1. The lowest BCUT2D eigenvalue weighted by molar-refractivity contribution is 0.472. The molecule has 0 aliphatic rings. The molecule has 0 amide bonds. The van der Waals surface area contributed by atoms with E-state index in [-0.39, 0.29) is 5.88 Å². The van der Waals surface area contributed by atoms with Crippen LogP contribution in [0.25, 0.3) is 5.88 Å². The number of aliphatic hydroxyl groups excluding tert-OH is 1. The average molecular weight is 134 g/mol. The van der Waals surface area contributed by atoms with E-state index >= 15 is 0 Å². The second-order valence-electron chi connectivity index (χ2n) is 1.72. The summed E-state index contributed by atoms with van der Waals surface area (Å²) in [5.41, 5.74) is 0. The van der Waals surface area contributed by atoms with Gasteiger partial charge in [0, 0.05) is 12.4 Å². The maximum Gasteiger partial charge on any atom is 0.205 e. The van der Waals surface area contributed by atoms with Crippen molar-refractivity contribution in [2.45, 2.75) is 0 Å². The van der Waals surface area contributed by atoms with Crippen LogP contribution in [0.5, 0.6) is 0 Å². The lowest BCUT2D eigenvalue weighted by atomic mass is 10.6. The molecule has 0 bridgehead atoms. The van der Waals surface area contributed by atoms with Crippen LogP contribution in [-0.4, -0.2) is 9.67 Å². The molecule has 3 heteroatoms. The van der Waals surface area contributed by atoms with Crippen LogP contribution in [-0.2, 0) is 0 Å². The molecular weight excluding hydrogens is 128 g/mol. The minimum Gasteiger partial charge on any atom is -0.494 e. The summed E-state index contributed by atoms with van der Waals surface area (Å²) in [7, 11) is 0. The minimum atomic E-state index is -0.0625. The van der Waals surface area contributed by atoms with Crippen molar-refractivity contribution in [3.63, 3.8) is 0 Å². The van der Waals surface area contributed by atoms with Gasteiger partial charge in [-0.1, -0.05) is 0 Å². The molecule has 0 atom stereocenters. The van der Waals surface area contributed by atoms with Gasteiger partial charge >= 0.3 is 0 Å². The van der Waals surface area contributed by atoms with Crippen molar-refractivity contribution in [3.05, 3.63) is 30.6 Å². The van der Waals surface area contributed by atoms with Crippen molar-refractivity contribution < 1.29 is 5.11 Å². The van der Waals surface area contributed by atoms with Crippen molar-refractivity contribution in [1.29, 1.82) is 5.26 Å². The van der Waals surface area contributed by atoms with Crippen molar-refractivity contribution in [3.8, 4) is 6.07 Å². The third-order valence-corrected chi connectivity index (χ3v) is 1.06. The van der Waals surface area contributed by atoms with Gasteiger partial charge in [0.25, 0.3) is 0 Å². The normalized spacial score (nSPS) is 10.9. The van der Waals surface area contributed by atoms with E-state index in [2.05, 4.69) is 0 Å². The highest BCUT2D eigenvalue weighted by molar-refractivity contribution is 5.39. The van der Waals surface area contributed by atoms with E-state index in [0.717, 1.165) is 6.08 Å². The molecular formula is C7H6N2O. The number of aliphatic hydroxyl groups is 1. The van der Waals surface area contributed by atoms with E-state index in [1.807, 2.05) is 0 Å². The molecule has 0 saturated heterocycles. The minimum absolute atomic E-state index is 0.0625. The second-order valence-corrected chi connectivity index (χ2v) is 1.72. The maximum atomic E-state index is 9.01. The Balaban J connectivity index is 2.90. The monoisotopic (exact) mass is 134 g/mol. The van der Waals surface area contributed by atoms with Gasteiger partial charge in [-0.3, -0.25) is 4.57 Å². The molecule has 1 heterocycles. The van der Waals surface area contributed by atoms with Gasteiger partial charge in [0.2, 0.25) is 5.88 Å². The second kappa shape index (κ2) is 2.74. The SMILES string of the molecule is N#C/C=C(/O)n1cccc1. The van der Waals surface area contributed by atoms with Crippen molar-refractivity contribution in [1.82, 2.24) is 4.57 Å². The van der Waals surface area contributed by atoms with Gasteiger partial charge in [-0.05, 0) is 12.1 Å².